The average Bonchev–Trinajstić information content (AvgIpc) is 2.57. The minimum Gasteiger partial charge on any atom is -0.443 e. The normalized spacial score (nSPS) is 37.8. The highest BCUT2D eigenvalue weighted by molar-refractivity contribution is 5.87. The SMILES string of the molecule is C=C(C)C(=O)OC1(C)C(F)(F)C(C)(O)OC(C2CCCCC2)(C(F)(F)F)C1(F)F. The number of hydrogen-bond acceptors (Lipinski definition) is 4. The van der Waals surface area contributed by atoms with Gasteiger partial charge in [0.25, 0.3) is 0 Å². The Balaban J connectivity index is 2.82. The molecule has 1 N–H and O–H groups in total. The molecular formula is C18H23F7O4. The molecule has 4 nitrogen and oxygen atoms in total. The molecule has 0 aromatic rings. The number of carbonyl (C=O) groups excluding carboxylic acids is 1. The molecular weight excluding hydrogens is 413 g/mol. The first-order chi connectivity index (χ1) is 12.9. The van der Waals surface area contributed by atoms with Crippen LogP contribution in [0.15, 0.2) is 12.2 Å². The fourth-order valence-corrected chi connectivity index (χ4v) is 4.15. The summed E-state index contributed by atoms with van der Waals surface area (Å²) in [5, 5.41) is 10.1. The van der Waals surface area contributed by atoms with Crippen molar-refractivity contribution in [2.75, 3.05) is 0 Å². The fraction of sp³-hybridized carbons (Fsp3) is 0.833. The summed E-state index contributed by atoms with van der Waals surface area (Å²) in [6.07, 6.45) is -5.88. The second kappa shape index (κ2) is 6.83. The Morgan fingerprint density at radius 2 is 1.55 bits per heavy atom. The van der Waals surface area contributed by atoms with Crippen molar-refractivity contribution in [1.29, 1.82) is 0 Å². The summed E-state index contributed by atoms with van der Waals surface area (Å²) in [6.45, 7) is 4.17. The zero-order valence-electron chi connectivity index (χ0n) is 16.1. The van der Waals surface area contributed by atoms with E-state index in [9.17, 15) is 31.9 Å². The van der Waals surface area contributed by atoms with E-state index < -0.39 is 52.5 Å². The predicted molar refractivity (Wildman–Crippen MR) is 86.3 cm³/mol. The molecule has 0 aromatic carbocycles. The van der Waals surface area contributed by atoms with Gasteiger partial charge in [0, 0.05) is 11.5 Å². The molecule has 1 saturated heterocycles. The van der Waals surface area contributed by atoms with E-state index in [-0.39, 0.29) is 39.5 Å². The van der Waals surface area contributed by atoms with Gasteiger partial charge in [0.15, 0.2) is 0 Å². The van der Waals surface area contributed by atoms with E-state index >= 15 is 8.78 Å². The summed E-state index contributed by atoms with van der Waals surface area (Å²) < 4.78 is 112. The predicted octanol–water partition coefficient (Wildman–Crippen LogP) is 4.76. The lowest BCUT2D eigenvalue weighted by atomic mass is 9.64. The van der Waals surface area contributed by atoms with E-state index in [1.165, 1.54) is 0 Å². The molecule has 168 valence electrons. The monoisotopic (exact) mass is 436 g/mol. The van der Waals surface area contributed by atoms with Gasteiger partial charge >= 0.3 is 24.0 Å². The summed E-state index contributed by atoms with van der Waals surface area (Å²) in [5.74, 6) is -18.2. The van der Waals surface area contributed by atoms with Gasteiger partial charge < -0.3 is 14.6 Å². The van der Waals surface area contributed by atoms with Crippen LogP contribution in [0.1, 0.15) is 52.9 Å². The molecule has 0 radical (unpaired) electrons. The zero-order chi connectivity index (χ0) is 22.7. The molecule has 1 aliphatic carbocycles. The highest BCUT2D eigenvalue weighted by Crippen LogP contribution is 2.66. The third kappa shape index (κ3) is 3.07. The minimum atomic E-state index is -5.87. The summed E-state index contributed by atoms with van der Waals surface area (Å²) >= 11 is 0. The molecule has 1 heterocycles. The maximum atomic E-state index is 15.6. The Labute approximate surface area is 163 Å². The molecule has 0 amide bonds. The van der Waals surface area contributed by atoms with Gasteiger partial charge in [-0.25, -0.2) is 4.79 Å². The van der Waals surface area contributed by atoms with Gasteiger partial charge in [-0.15, -0.1) is 0 Å². The van der Waals surface area contributed by atoms with Gasteiger partial charge in [0.05, 0.1) is 0 Å². The first kappa shape index (κ1) is 23.9. The van der Waals surface area contributed by atoms with Crippen LogP contribution in [-0.4, -0.2) is 46.1 Å². The Kier molecular flexibility index (Phi) is 5.63. The number of halogens is 7. The van der Waals surface area contributed by atoms with Crippen molar-refractivity contribution in [2.45, 2.75) is 87.9 Å². The Hall–Kier alpha value is -1.36. The molecule has 3 unspecified atom stereocenters. The van der Waals surface area contributed by atoms with E-state index in [0.717, 1.165) is 6.92 Å². The van der Waals surface area contributed by atoms with Crippen molar-refractivity contribution in [2.24, 2.45) is 5.92 Å². The highest BCUT2D eigenvalue weighted by atomic mass is 19.4. The van der Waals surface area contributed by atoms with Crippen molar-refractivity contribution in [1.82, 2.24) is 0 Å². The van der Waals surface area contributed by atoms with E-state index in [2.05, 4.69) is 16.1 Å². The Bertz CT molecular complexity index is 682. The van der Waals surface area contributed by atoms with Gasteiger partial charge in [-0.1, -0.05) is 25.8 Å². The van der Waals surface area contributed by atoms with Crippen LogP contribution in [0.3, 0.4) is 0 Å². The van der Waals surface area contributed by atoms with Gasteiger partial charge in [-0.05, 0) is 33.6 Å². The smallest absolute Gasteiger partial charge is 0.424 e. The summed E-state index contributed by atoms with van der Waals surface area (Å²) in [5.41, 5.74) is -9.44. The van der Waals surface area contributed by atoms with Crippen LogP contribution in [0.25, 0.3) is 0 Å². The van der Waals surface area contributed by atoms with Crippen LogP contribution in [-0.2, 0) is 14.3 Å². The maximum absolute atomic E-state index is 15.6. The number of hydrogen-bond donors (Lipinski definition) is 1. The number of rotatable bonds is 3. The van der Waals surface area contributed by atoms with Crippen LogP contribution >= 0.6 is 0 Å². The molecule has 1 aliphatic heterocycles. The molecule has 1 saturated carbocycles. The lowest BCUT2D eigenvalue weighted by Gasteiger charge is -2.61. The van der Waals surface area contributed by atoms with Crippen molar-refractivity contribution in [3.05, 3.63) is 12.2 Å². The lowest BCUT2D eigenvalue weighted by molar-refractivity contribution is -0.522. The van der Waals surface area contributed by atoms with Crippen molar-refractivity contribution in [3.63, 3.8) is 0 Å². The van der Waals surface area contributed by atoms with Gasteiger partial charge in [0.1, 0.15) is 0 Å². The topological polar surface area (TPSA) is 55.8 Å². The van der Waals surface area contributed by atoms with E-state index in [1.54, 1.807) is 0 Å². The third-order valence-corrected chi connectivity index (χ3v) is 5.85. The third-order valence-electron chi connectivity index (χ3n) is 5.85. The summed E-state index contributed by atoms with van der Waals surface area (Å²) in [4.78, 5) is 11.8. The molecule has 2 rings (SSSR count). The Morgan fingerprint density at radius 3 is 1.97 bits per heavy atom. The fourth-order valence-electron chi connectivity index (χ4n) is 4.15. The maximum Gasteiger partial charge on any atom is 0.424 e. The molecule has 29 heavy (non-hydrogen) atoms. The van der Waals surface area contributed by atoms with Crippen LogP contribution < -0.4 is 0 Å². The summed E-state index contributed by atoms with van der Waals surface area (Å²) in [6, 6.07) is 0. The Morgan fingerprint density at radius 1 is 1.07 bits per heavy atom. The van der Waals surface area contributed by atoms with Crippen LogP contribution in [0.4, 0.5) is 30.7 Å². The summed E-state index contributed by atoms with van der Waals surface area (Å²) in [7, 11) is 0. The van der Waals surface area contributed by atoms with Crippen molar-refractivity contribution < 1.29 is 50.1 Å². The van der Waals surface area contributed by atoms with E-state index in [4.69, 9.17) is 0 Å². The van der Waals surface area contributed by atoms with Gasteiger partial charge in [-0.2, -0.15) is 30.7 Å². The number of ether oxygens (including phenoxy) is 2. The van der Waals surface area contributed by atoms with Crippen molar-refractivity contribution in [3.8, 4) is 0 Å². The molecule has 0 aromatic heterocycles. The number of alkyl halides is 7. The van der Waals surface area contributed by atoms with E-state index in [0.29, 0.717) is 6.42 Å². The average molecular weight is 436 g/mol. The van der Waals surface area contributed by atoms with Crippen LogP contribution in [0.2, 0.25) is 0 Å². The lowest BCUT2D eigenvalue weighted by Crippen LogP contribution is -2.85. The van der Waals surface area contributed by atoms with E-state index in [1.807, 2.05) is 0 Å². The molecule has 2 fully saturated rings. The van der Waals surface area contributed by atoms with Crippen molar-refractivity contribution >= 4 is 5.97 Å². The first-order valence-electron chi connectivity index (χ1n) is 9.03. The number of esters is 1. The van der Waals surface area contributed by atoms with Crippen LogP contribution in [0, 0.1) is 5.92 Å². The van der Waals surface area contributed by atoms with Crippen LogP contribution in [0.5, 0.6) is 0 Å². The minimum absolute atomic E-state index is 0.0197. The van der Waals surface area contributed by atoms with Gasteiger partial charge in [0.2, 0.25) is 17.0 Å². The molecule has 0 spiro atoms. The van der Waals surface area contributed by atoms with Gasteiger partial charge in [-0.3, -0.25) is 0 Å². The highest BCUT2D eigenvalue weighted by Gasteiger charge is 2.92. The second-order valence-corrected chi connectivity index (χ2v) is 8.01. The molecule has 2 aliphatic rings. The molecule has 3 atom stereocenters. The molecule has 11 heteroatoms. The second-order valence-electron chi connectivity index (χ2n) is 8.01. The number of carbonyl (C=O) groups is 1. The largest absolute Gasteiger partial charge is 0.443 e. The standard InChI is InChI=1S/C18H23F7O4/c1-10(2)12(26)28-13(3)16(19,20)14(4,27)29-15(17(13,21)22,18(23,24)25)11-8-6-5-7-9-11/h11,27H,1,5-9H2,2-4H3. The quantitative estimate of drug-likeness (QED) is 0.394. The first-order valence-corrected chi connectivity index (χ1v) is 9.03. The molecule has 0 bridgehead atoms. The zero-order valence-corrected chi connectivity index (χ0v) is 16.1. The number of aliphatic hydroxyl groups is 1.